The minimum Gasteiger partial charge on any atom is -0.363 e. The average Bonchev–Trinajstić information content (AvgIpc) is 2.81. The standard InChI is InChI=1S/C11H9N3O3S/c1-8-6-10(3-2-9(8)7-12)18(15,16)14-11-4-5-17-13-11/h2-6H,1H3,(H,13,14). The maximum absolute atomic E-state index is 12.0. The lowest BCUT2D eigenvalue weighted by Gasteiger charge is -2.06. The quantitative estimate of drug-likeness (QED) is 0.908. The number of rotatable bonds is 3. The Balaban J connectivity index is 2.36. The van der Waals surface area contributed by atoms with Gasteiger partial charge in [0.05, 0.1) is 16.5 Å². The van der Waals surface area contributed by atoms with Crippen LogP contribution in [0, 0.1) is 18.3 Å². The van der Waals surface area contributed by atoms with E-state index in [4.69, 9.17) is 5.26 Å². The summed E-state index contributed by atoms with van der Waals surface area (Å²) >= 11 is 0. The van der Waals surface area contributed by atoms with Gasteiger partial charge in [0.2, 0.25) is 0 Å². The molecule has 0 atom stereocenters. The molecule has 1 aromatic carbocycles. The van der Waals surface area contributed by atoms with Gasteiger partial charge in [0.1, 0.15) is 6.26 Å². The monoisotopic (exact) mass is 263 g/mol. The van der Waals surface area contributed by atoms with E-state index in [9.17, 15) is 8.42 Å². The predicted molar refractivity (Wildman–Crippen MR) is 63.2 cm³/mol. The Kier molecular flexibility index (Phi) is 3.04. The van der Waals surface area contributed by atoms with Crippen LogP contribution < -0.4 is 4.72 Å². The second-order valence-corrected chi connectivity index (χ2v) is 5.26. The Morgan fingerprint density at radius 3 is 2.72 bits per heavy atom. The van der Waals surface area contributed by atoms with Crippen molar-refractivity contribution in [2.24, 2.45) is 0 Å². The number of sulfonamides is 1. The topological polar surface area (TPSA) is 96.0 Å². The molecule has 2 rings (SSSR count). The number of anilines is 1. The fourth-order valence-electron chi connectivity index (χ4n) is 1.39. The molecule has 0 fully saturated rings. The van der Waals surface area contributed by atoms with Crippen molar-refractivity contribution in [1.29, 1.82) is 5.26 Å². The molecule has 7 heteroatoms. The highest BCUT2D eigenvalue weighted by molar-refractivity contribution is 7.92. The molecule has 0 spiro atoms. The molecule has 0 bridgehead atoms. The van der Waals surface area contributed by atoms with Gasteiger partial charge in [0.25, 0.3) is 10.0 Å². The first-order valence-electron chi connectivity index (χ1n) is 4.97. The lowest BCUT2D eigenvalue weighted by molar-refractivity contribution is 0.423. The molecule has 6 nitrogen and oxygen atoms in total. The molecule has 1 heterocycles. The smallest absolute Gasteiger partial charge is 0.263 e. The van der Waals surface area contributed by atoms with Crippen molar-refractivity contribution in [2.75, 3.05) is 4.72 Å². The van der Waals surface area contributed by atoms with Crippen LogP contribution in [-0.4, -0.2) is 13.6 Å². The normalized spacial score (nSPS) is 10.9. The zero-order valence-electron chi connectivity index (χ0n) is 9.41. The van der Waals surface area contributed by atoms with Crippen molar-refractivity contribution in [2.45, 2.75) is 11.8 Å². The first-order valence-corrected chi connectivity index (χ1v) is 6.45. The van der Waals surface area contributed by atoms with Crippen LogP contribution in [0.1, 0.15) is 11.1 Å². The van der Waals surface area contributed by atoms with Crippen molar-refractivity contribution >= 4 is 15.8 Å². The van der Waals surface area contributed by atoms with Crippen molar-refractivity contribution in [1.82, 2.24) is 5.16 Å². The van der Waals surface area contributed by atoms with Gasteiger partial charge in [0, 0.05) is 6.07 Å². The summed E-state index contributed by atoms with van der Waals surface area (Å²) in [6.07, 6.45) is 1.27. The lowest BCUT2D eigenvalue weighted by Crippen LogP contribution is -2.13. The number of hydrogen-bond acceptors (Lipinski definition) is 5. The number of aromatic nitrogens is 1. The highest BCUT2D eigenvalue weighted by atomic mass is 32.2. The third kappa shape index (κ3) is 2.33. The van der Waals surface area contributed by atoms with Gasteiger partial charge in [-0.25, -0.2) is 8.42 Å². The van der Waals surface area contributed by atoms with Crippen molar-refractivity contribution in [3.05, 3.63) is 41.7 Å². The molecule has 0 amide bonds. The first-order chi connectivity index (χ1) is 8.53. The van der Waals surface area contributed by atoms with E-state index in [1.54, 1.807) is 6.92 Å². The van der Waals surface area contributed by atoms with Crippen molar-refractivity contribution in [3.63, 3.8) is 0 Å². The third-order valence-corrected chi connectivity index (χ3v) is 3.66. The first kappa shape index (κ1) is 12.1. The van der Waals surface area contributed by atoms with Crippen molar-refractivity contribution < 1.29 is 12.9 Å². The van der Waals surface area contributed by atoms with Crippen LogP contribution in [-0.2, 0) is 10.0 Å². The minimum absolute atomic E-state index is 0.0713. The molecule has 0 saturated carbocycles. The lowest BCUT2D eigenvalue weighted by atomic mass is 10.1. The molecule has 0 aliphatic heterocycles. The molecule has 0 aliphatic carbocycles. The molecule has 0 radical (unpaired) electrons. The number of nitrogens with one attached hydrogen (secondary N) is 1. The van der Waals surface area contributed by atoms with Crippen LogP contribution in [0.2, 0.25) is 0 Å². The molecular weight excluding hydrogens is 254 g/mol. The van der Waals surface area contributed by atoms with Crippen LogP contribution in [0.25, 0.3) is 0 Å². The molecule has 1 N–H and O–H groups in total. The molecular formula is C11H9N3O3S. The number of aryl methyl sites for hydroxylation is 1. The molecule has 2 aromatic rings. The average molecular weight is 263 g/mol. The van der Waals surface area contributed by atoms with Gasteiger partial charge in [0.15, 0.2) is 5.82 Å². The number of nitrogens with zero attached hydrogens (tertiary/aromatic N) is 2. The number of benzene rings is 1. The second kappa shape index (κ2) is 4.50. The molecule has 0 saturated heterocycles. The predicted octanol–water partition coefficient (Wildman–Crippen LogP) is 1.66. The maximum atomic E-state index is 12.0. The third-order valence-electron chi connectivity index (χ3n) is 2.31. The summed E-state index contributed by atoms with van der Waals surface area (Å²) in [5.74, 6) is 0.108. The Morgan fingerprint density at radius 1 is 1.39 bits per heavy atom. The van der Waals surface area contributed by atoms with E-state index in [1.165, 1.54) is 30.5 Å². The van der Waals surface area contributed by atoms with Gasteiger partial charge in [-0.3, -0.25) is 4.72 Å². The van der Waals surface area contributed by atoms with E-state index in [2.05, 4.69) is 14.4 Å². The molecule has 18 heavy (non-hydrogen) atoms. The number of nitriles is 1. The fourth-order valence-corrected chi connectivity index (χ4v) is 2.47. The summed E-state index contributed by atoms with van der Waals surface area (Å²) in [5.41, 5.74) is 1.04. The van der Waals surface area contributed by atoms with Gasteiger partial charge in [-0.1, -0.05) is 5.16 Å². The van der Waals surface area contributed by atoms with Gasteiger partial charge in [-0.05, 0) is 30.7 Å². The Labute approximate surface area is 104 Å². The molecule has 92 valence electrons. The highest BCUT2D eigenvalue weighted by Crippen LogP contribution is 2.17. The van der Waals surface area contributed by atoms with Crippen LogP contribution in [0.4, 0.5) is 5.82 Å². The summed E-state index contributed by atoms with van der Waals surface area (Å²) in [4.78, 5) is 0.0713. The number of hydrogen-bond donors (Lipinski definition) is 1. The Morgan fingerprint density at radius 2 is 2.17 bits per heavy atom. The van der Waals surface area contributed by atoms with E-state index < -0.39 is 10.0 Å². The van der Waals surface area contributed by atoms with Gasteiger partial charge in [-0.15, -0.1) is 0 Å². The summed E-state index contributed by atoms with van der Waals surface area (Å²) in [6, 6.07) is 7.64. The fraction of sp³-hybridized carbons (Fsp3) is 0.0909. The minimum atomic E-state index is -3.71. The highest BCUT2D eigenvalue weighted by Gasteiger charge is 2.16. The Hall–Kier alpha value is -2.33. The summed E-state index contributed by atoms with van der Waals surface area (Å²) in [5, 5.41) is 12.2. The van der Waals surface area contributed by atoms with Crippen LogP contribution >= 0.6 is 0 Å². The molecule has 1 aromatic heterocycles. The van der Waals surface area contributed by atoms with E-state index >= 15 is 0 Å². The van der Waals surface area contributed by atoms with Crippen LogP contribution in [0.5, 0.6) is 0 Å². The van der Waals surface area contributed by atoms with Crippen molar-refractivity contribution in [3.8, 4) is 6.07 Å². The molecule has 0 unspecified atom stereocenters. The SMILES string of the molecule is Cc1cc(S(=O)(=O)Nc2ccon2)ccc1C#N. The van der Waals surface area contributed by atoms with Gasteiger partial charge in [-0.2, -0.15) is 5.26 Å². The maximum Gasteiger partial charge on any atom is 0.263 e. The zero-order valence-corrected chi connectivity index (χ0v) is 10.2. The van der Waals surface area contributed by atoms with Crippen LogP contribution in [0.15, 0.2) is 39.9 Å². The summed E-state index contributed by atoms with van der Waals surface area (Å²) in [7, 11) is -3.71. The summed E-state index contributed by atoms with van der Waals surface area (Å²) < 4.78 is 30.8. The second-order valence-electron chi connectivity index (χ2n) is 3.58. The van der Waals surface area contributed by atoms with Crippen LogP contribution in [0.3, 0.4) is 0 Å². The largest absolute Gasteiger partial charge is 0.363 e. The van der Waals surface area contributed by atoms with E-state index in [0.717, 1.165) is 0 Å². The Bertz CT molecular complexity index is 700. The summed E-state index contributed by atoms with van der Waals surface area (Å²) in [6.45, 7) is 1.67. The van der Waals surface area contributed by atoms with Gasteiger partial charge >= 0.3 is 0 Å². The van der Waals surface area contributed by atoms with E-state index in [0.29, 0.717) is 11.1 Å². The van der Waals surface area contributed by atoms with E-state index in [1.807, 2.05) is 6.07 Å². The molecule has 0 aliphatic rings. The zero-order chi connectivity index (χ0) is 13.2. The van der Waals surface area contributed by atoms with Gasteiger partial charge < -0.3 is 4.52 Å². The van der Waals surface area contributed by atoms with E-state index in [-0.39, 0.29) is 10.7 Å².